The van der Waals surface area contributed by atoms with E-state index in [1.54, 1.807) is 36.2 Å². The van der Waals surface area contributed by atoms with E-state index in [9.17, 15) is 18.5 Å². The van der Waals surface area contributed by atoms with Crippen molar-refractivity contribution in [2.45, 2.75) is 17.7 Å². The summed E-state index contributed by atoms with van der Waals surface area (Å²) in [7, 11) is -2.02. The van der Waals surface area contributed by atoms with Crippen molar-refractivity contribution < 1.29 is 18.1 Å². The van der Waals surface area contributed by atoms with Crippen LogP contribution in [-0.2, 0) is 10.0 Å². The summed E-state index contributed by atoms with van der Waals surface area (Å²) in [6.45, 7) is 1.56. The molecule has 2 aromatic carbocycles. The van der Waals surface area contributed by atoms with Crippen molar-refractivity contribution in [3.8, 4) is 5.75 Å². The van der Waals surface area contributed by atoms with Crippen molar-refractivity contribution in [1.82, 2.24) is 4.31 Å². The average Bonchev–Trinajstić information content (AvgIpc) is 3.24. The average molecular weight is 440 g/mol. The predicted octanol–water partition coefficient (Wildman–Crippen LogP) is 3.55. The van der Waals surface area contributed by atoms with Crippen molar-refractivity contribution in [2.24, 2.45) is 0 Å². The summed E-state index contributed by atoms with van der Waals surface area (Å²) in [5.74, 6) is 0.643. The minimum atomic E-state index is -3.72. The first-order chi connectivity index (χ1) is 13.8. The molecule has 1 aliphatic heterocycles. The third kappa shape index (κ3) is 4.98. The molecule has 3 rings (SSSR count). The Hall–Kier alpha value is -2.36. The van der Waals surface area contributed by atoms with Crippen LogP contribution in [0.2, 0.25) is 5.02 Å². The molecule has 2 aromatic rings. The van der Waals surface area contributed by atoms with Gasteiger partial charge >= 0.3 is 0 Å². The molecule has 0 N–H and O–H groups in total. The van der Waals surface area contributed by atoms with Gasteiger partial charge in [-0.05, 0) is 49.2 Å². The largest absolute Gasteiger partial charge is 0.492 e. The molecule has 1 aliphatic rings. The summed E-state index contributed by atoms with van der Waals surface area (Å²) in [4.78, 5) is 12.6. The summed E-state index contributed by atoms with van der Waals surface area (Å²) in [5, 5.41) is 12.2. The minimum Gasteiger partial charge on any atom is -0.492 e. The van der Waals surface area contributed by atoms with Gasteiger partial charge in [0.05, 0.1) is 16.4 Å². The molecule has 0 saturated carbocycles. The third-order valence-electron chi connectivity index (χ3n) is 4.77. The lowest BCUT2D eigenvalue weighted by Gasteiger charge is -2.21. The Morgan fingerprint density at radius 1 is 1.17 bits per heavy atom. The van der Waals surface area contributed by atoms with Gasteiger partial charge in [0.15, 0.2) is 0 Å². The number of rotatable bonds is 8. The van der Waals surface area contributed by atoms with Crippen LogP contribution in [0.1, 0.15) is 12.8 Å². The molecule has 0 unspecified atom stereocenters. The highest BCUT2D eigenvalue weighted by atomic mass is 35.5. The van der Waals surface area contributed by atoms with Gasteiger partial charge in [-0.15, -0.1) is 0 Å². The summed E-state index contributed by atoms with van der Waals surface area (Å²) >= 11 is 5.84. The van der Waals surface area contributed by atoms with Crippen LogP contribution in [0.25, 0.3) is 0 Å². The predicted molar refractivity (Wildman–Crippen MR) is 111 cm³/mol. The number of likely N-dealkylation sites (N-methyl/N-ethyl adjacent to an activating group) is 1. The number of benzene rings is 2. The second-order valence-electron chi connectivity index (χ2n) is 6.74. The molecule has 1 heterocycles. The summed E-state index contributed by atoms with van der Waals surface area (Å²) in [5.41, 5.74) is 0.0781. The Labute approximate surface area is 174 Å². The Balaban J connectivity index is 1.74. The van der Waals surface area contributed by atoms with E-state index in [2.05, 4.69) is 0 Å². The molecule has 156 valence electrons. The SMILES string of the molecule is CN(CCOc1ccc(Cl)cc1)c1ccc(S(=O)(=O)N2CCCC2)cc1[N+](=O)[O-]. The second kappa shape index (κ2) is 8.98. The number of hydrogen-bond acceptors (Lipinski definition) is 6. The summed E-state index contributed by atoms with van der Waals surface area (Å²) < 4.78 is 32.4. The molecular formula is C19H22ClN3O5S. The van der Waals surface area contributed by atoms with Crippen LogP contribution in [0.3, 0.4) is 0 Å². The zero-order valence-corrected chi connectivity index (χ0v) is 17.5. The first-order valence-electron chi connectivity index (χ1n) is 9.17. The lowest BCUT2D eigenvalue weighted by molar-refractivity contribution is -0.384. The number of ether oxygens (including phenoxy) is 1. The van der Waals surface area contributed by atoms with E-state index in [4.69, 9.17) is 16.3 Å². The molecule has 1 fully saturated rings. The molecule has 1 saturated heterocycles. The molecule has 10 heteroatoms. The standard InChI is InChI=1S/C19H22ClN3O5S/c1-21(12-13-28-16-6-4-15(20)5-7-16)18-9-8-17(14-19(18)23(24)25)29(26,27)22-10-2-3-11-22/h4-9,14H,2-3,10-13H2,1H3. The monoisotopic (exact) mass is 439 g/mol. The van der Waals surface area contributed by atoms with E-state index in [0.717, 1.165) is 18.9 Å². The summed E-state index contributed by atoms with van der Waals surface area (Å²) in [6, 6.07) is 10.9. The number of nitro groups is 1. The molecule has 0 spiro atoms. The molecule has 0 atom stereocenters. The highest BCUT2D eigenvalue weighted by molar-refractivity contribution is 7.89. The third-order valence-corrected chi connectivity index (χ3v) is 6.91. The molecule has 0 aromatic heterocycles. The zero-order valence-electron chi connectivity index (χ0n) is 16.0. The smallest absolute Gasteiger partial charge is 0.293 e. The van der Waals surface area contributed by atoms with Gasteiger partial charge in [0, 0.05) is 31.2 Å². The molecule has 0 amide bonds. The fourth-order valence-electron chi connectivity index (χ4n) is 3.16. The lowest BCUT2D eigenvalue weighted by Crippen LogP contribution is -2.28. The Morgan fingerprint density at radius 2 is 1.83 bits per heavy atom. The normalized spacial score (nSPS) is 14.7. The second-order valence-corrected chi connectivity index (χ2v) is 9.12. The molecule has 8 nitrogen and oxygen atoms in total. The van der Waals surface area contributed by atoms with E-state index in [1.165, 1.54) is 16.4 Å². The van der Waals surface area contributed by atoms with Crippen molar-refractivity contribution >= 4 is 33.0 Å². The Bertz CT molecular complexity index is 976. The Kier molecular flexibility index (Phi) is 6.61. The minimum absolute atomic E-state index is 0.0549. The Morgan fingerprint density at radius 3 is 2.45 bits per heavy atom. The van der Waals surface area contributed by atoms with Gasteiger partial charge in [-0.3, -0.25) is 10.1 Å². The number of nitrogens with zero attached hydrogens (tertiary/aromatic N) is 3. The van der Waals surface area contributed by atoms with Crippen LogP contribution in [0, 0.1) is 10.1 Å². The van der Waals surface area contributed by atoms with Crippen LogP contribution in [-0.4, -0.2) is 50.9 Å². The summed E-state index contributed by atoms with van der Waals surface area (Å²) in [6.07, 6.45) is 1.60. The fourth-order valence-corrected chi connectivity index (χ4v) is 4.83. The van der Waals surface area contributed by atoms with Crippen molar-refractivity contribution in [3.63, 3.8) is 0 Å². The van der Waals surface area contributed by atoms with Crippen LogP contribution in [0.15, 0.2) is 47.4 Å². The van der Waals surface area contributed by atoms with Crippen LogP contribution in [0.4, 0.5) is 11.4 Å². The van der Waals surface area contributed by atoms with E-state index in [0.29, 0.717) is 42.7 Å². The van der Waals surface area contributed by atoms with Gasteiger partial charge in [0.1, 0.15) is 18.0 Å². The number of halogens is 1. The zero-order chi connectivity index (χ0) is 21.0. The molecule has 29 heavy (non-hydrogen) atoms. The number of hydrogen-bond donors (Lipinski definition) is 0. The van der Waals surface area contributed by atoms with Crippen molar-refractivity contribution in [3.05, 3.63) is 57.6 Å². The first-order valence-corrected chi connectivity index (χ1v) is 11.0. The molecular weight excluding hydrogens is 418 g/mol. The number of anilines is 1. The molecule has 0 radical (unpaired) electrons. The van der Waals surface area contributed by atoms with Gasteiger partial charge in [0.2, 0.25) is 10.0 Å². The topological polar surface area (TPSA) is 93.0 Å². The van der Waals surface area contributed by atoms with Crippen molar-refractivity contribution in [2.75, 3.05) is 38.2 Å². The van der Waals surface area contributed by atoms with Gasteiger partial charge < -0.3 is 9.64 Å². The van der Waals surface area contributed by atoms with Gasteiger partial charge in [-0.1, -0.05) is 11.6 Å². The highest BCUT2D eigenvalue weighted by Gasteiger charge is 2.30. The van der Waals surface area contributed by atoms with E-state index in [1.807, 2.05) is 0 Å². The fraction of sp³-hybridized carbons (Fsp3) is 0.368. The van der Waals surface area contributed by atoms with Crippen LogP contribution >= 0.6 is 11.6 Å². The van der Waals surface area contributed by atoms with E-state index >= 15 is 0 Å². The maximum absolute atomic E-state index is 12.7. The van der Waals surface area contributed by atoms with Crippen LogP contribution < -0.4 is 9.64 Å². The van der Waals surface area contributed by atoms with E-state index in [-0.39, 0.29) is 10.6 Å². The van der Waals surface area contributed by atoms with Gasteiger partial charge in [-0.25, -0.2) is 8.42 Å². The molecule has 0 aliphatic carbocycles. The lowest BCUT2D eigenvalue weighted by atomic mass is 10.2. The van der Waals surface area contributed by atoms with Gasteiger partial charge in [-0.2, -0.15) is 4.31 Å². The highest BCUT2D eigenvalue weighted by Crippen LogP contribution is 2.32. The van der Waals surface area contributed by atoms with E-state index < -0.39 is 14.9 Å². The first kappa shape index (κ1) is 21.4. The number of sulfonamides is 1. The van der Waals surface area contributed by atoms with Crippen LogP contribution in [0.5, 0.6) is 5.75 Å². The maximum atomic E-state index is 12.7. The maximum Gasteiger partial charge on any atom is 0.293 e. The number of nitro benzene ring substituents is 1. The van der Waals surface area contributed by atoms with Gasteiger partial charge in [0.25, 0.3) is 5.69 Å². The quantitative estimate of drug-likeness (QED) is 0.461. The molecule has 0 bridgehead atoms. The van der Waals surface area contributed by atoms with Crippen molar-refractivity contribution in [1.29, 1.82) is 0 Å².